The molecule has 2 rings (SSSR count). The lowest BCUT2D eigenvalue weighted by Crippen LogP contribution is -2.20. The Balaban J connectivity index is 2.20. The van der Waals surface area contributed by atoms with Crippen LogP contribution in [0.5, 0.6) is 5.75 Å². The lowest BCUT2D eigenvalue weighted by molar-refractivity contribution is 0.287. The van der Waals surface area contributed by atoms with Crippen molar-refractivity contribution in [2.45, 2.75) is 0 Å². The molecule has 0 saturated heterocycles. The van der Waals surface area contributed by atoms with Crippen molar-refractivity contribution in [3.05, 3.63) is 42.7 Å². The minimum Gasteiger partial charge on any atom is -0.511 e. The molecule has 2 N–H and O–H groups in total. The molecule has 2 heterocycles. The summed E-state index contributed by atoms with van der Waals surface area (Å²) in [6.45, 7) is 0. The van der Waals surface area contributed by atoms with Crippen LogP contribution in [-0.4, -0.2) is 27.3 Å². The first-order valence-corrected chi connectivity index (χ1v) is 4.66. The average molecular weight is 216 g/mol. The molecule has 0 amide bonds. The quantitative estimate of drug-likeness (QED) is 0.730. The molecular formula is C10H9BN2O3. The van der Waals surface area contributed by atoms with Gasteiger partial charge in [-0.2, -0.15) is 0 Å². The van der Waals surface area contributed by atoms with Gasteiger partial charge in [0.2, 0.25) is 0 Å². The molecule has 0 saturated carbocycles. The molecule has 16 heavy (non-hydrogen) atoms. The monoisotopic (exact) mass is 216 g/mol. The molecule has 0 aliphatic heterocycles. The van der Waals surface area contributed by atoms with Gasteiger partial charge in [-0.25, -0.2) is 0 Å². The second-order valence-electron chi connectivity index (χ2n) is 3.04. The molecule has 6 heteroatoms. The summed E-state index contributed by atoms with van der Waals surface area (Å²) in [5.74, 6) is 0.287. The first kappa shape index (κ1) is 10.6. The highest BCUT2D eigenvalue weighted by Gasteiger charge is 2.11. The van der Waals surface area contributed by atoms with Gasteiger partial charge in [0.25, 0.3) is 0 Å². The van der Waals surface area contributed by atoms with Gasteiger partial charge >= 0.3 is 7.32 Å². The second kappa shape index (κ2) is 4.74. The molecule has 0 unspecified atom stereocenters. The third kappa shape index (κ3) is 2.56. The number of pyridine rings is 2. The predicted molar refractivity (Wildman–Crippen MR) is 58.3 cm³/mol. The standard InChI is InChI=1S/C10H9BN2O3/c14-11(15)16-8-4-5-10(13-7-8)9-3-1-2-6-12-9/h1-7,14-15H. The number of aromatic nitrogens is 2. The van der Waals surface area contributed by atoms with E-state index in [0.29, 0.717) is 5.69 Å². The molecule has 0 aliphatic rings. The average Bonchev–Trinajstić information content (AvgIpc) is 2.30. The van der Waals surface area contributed by atoms with Crippen molar-refractivity contribution in [1.29, 1.82) is 0 Å². The van der Waals surface area contributed by atoms with Gasteiger partial charge in [0.15, 0.2) is 0 Å². The smallest absolute Gasteiger partial charge is 0.511 e. The normalized spacial score (nSPS) is 9.88. The zero-order chi connectivity index (χ0) is 11.4. The van der Waals surface area contributed by atoms with E-state index in [4.69, 9.17) is 10.0 Å². The lowest BCUT2D eigenvalue weighted by Gasteiger charge is -2.04. The third-order valence-corrected chi connectivity index (χ3v) is 1.91. The molecule has 5 nitrogen and oxygen atoms in total. The summed E-state index contributed by atoms with van der Waals surface area (Å²) in [5, 5.41) is 17.2. The zero-order valence-electron chi connectivity index (χ0n) is 8.32. The van der Waals surface area contributed by atoms with Gasteiger partial charge in [-0.05, 0) is 24.3 Å². The van der Waals surface area contributed by atoms with Crippen LogP contribution in [0.1, 0.15) is 0 Å². The van der Waals surface area contributed by atoms with E-state index in [-0.39, 0.29) is 5.75 Å². The van der Waals surface area contributed by atoms with Crippen LogP contribution in [0.15, 0.2) is 42.7 Å². The van der Waals surface area contributed by atoms with Gasteiger partial charge in [0.1, 0.15) is 5.75 Å². The van der Waals surface area contributed by atoms with Crippen LogP contribution < -0.4 is 4.65 Å². The van der Waals surface area contributed by atoms with E-state index in [1.807, 2.05) is 18.2 Å². The van der Waals surface area contributed by atoms with Gasteiger partial charge in [0.05, 0.1) is 17.6 Å². The SMILES string of the molecule is OB(O)Oc1ccc(-c2ccccn2)nc1. The van der Waals surface area contributed by atoms with E-state index in [1.165, 1.54) is 6.20 Å². The lowest BCUT2D eigenvalue weighted by atomic mass is 10.2. The highest BCUT2D eigenvalue weighted by Crippen LogP contribution is 2.16. The highest BCUT2D eigenvalue weighted by molar-refractivity contribution is 6.33. The molecule has 0 fully saturated rings. The summed E-state index contributed by atoms with van der Waals surface area (Å²) in [6.07, 6.45) is 3.09. The zero-order valence-corrected chi connectivity index (χ0v) is 8.32. The summed E-state index contributed by atoms with van der Waals surface area (Å²) in [6, 6.07) is 8.81. The molecule has 0 atom stereocenters. The van der Waals surface area contributed by atoms with Crippen LogP contribution in [0.4, 0.5) is 0 Å². The van der Waals surface area contributed by atoms with Gasteiger partial charge in [0, 0.05) is 6.20 Å². The molecule has 2 aromatic rings. The fraction of sp³-hybridized carbons (Fsp3) is 0. The molecule has 0 aromatic carbocycles. The maximum absolute atomic E-state index is 8.59. The molecular weight excluding hydrogens is 207 g/mol. The predicted octanol–water partition coefficient (Wildman–Crippen LogP) is 0.492. The van der Waals surface area contributed by atoms with Crippen molar-refractivity contribution in [1.82, 2.24) is 9.97 Å². The molecule has 80 valence electrons. The first-order chi connectivity index (χ1) is 7.75. The summed E-state index contributed by atoms with van der Waals surface area (Å²) < 4.78 is 4.63. The van der Waals surface area contributed by atoms with Gasteiger partial charge in [-0.1, -0.05) is 6.07 Å². The largest absolute Gasteiger partial charge is 0.707 e. The fourth-order valence-corrected chi connectivity index (χ4v) is 1.24. The Morgan fingerprint density at radius 1 is 1.00 bits per heavy atom. The van der Waals surface area contributed by atoms with E-state index in [1.54, 1.807) is 18.3 Å². The number of hydrogen-bond donors (Lipinski definition) is 2. The van der Waals surface area contributed by atoms with Crippen molar-refractivity contribution >= 4 is 7.32 Å². The number of hydrogen-bond acceptors (Lipinski definition) is 5. The van der Waals surface area contributed by atoms with Crippen LogP contribution in [0.2, 0.25) is 0 Å². The first-order valence-electron chi connectivity index (χ1n) is 4.66. The van der Waals surface area contributed by atoms with Crippen LogP contribution in [0.3, 0.4) is 0 Å². The highest BCUT2D eigenvalue weighted by atomic mass is 16.6. The Morgan fingerprint density at radius 2 is 1.81 bits per heavy atom. The van der Waals surface area contributed by atoms with Crippen molar-refractivity contribution in [2.24, 2.45) is 0 Å². The summed E-state index contributed by atoms with van der Waals surface area (Å²) in [7, 11) is -1.83. The van der Waals surface area contributed by atoms with Crippen LogP contribution in [0.25, 0.3) is 11.4 Å². The third-order valence-electron chi connectivity index (χ3n) is 1.91. The summed E-state index contributed by atoms with van der Waals surface area (Å²) in [4.78, 5) is 8.23. The van der Waals surface area contributed by atoms with Crippen LogP contribution in [-0.2, 0) is 0 Å². The molecule has 0 aliphatic carbocycles. The summed E-state index contributed by atoms with van der Waals surface area (Å²) in [5.41, 5.74) is 1.44. The van der Waals surface area contributed by atoms with Crippen LogP contribution >= 0.6 is 0 Å². The molecule has 0 bridgehead atoms. The van der Waals surface area contributed by atoms with E-state index in [2.05, 4.69) is 14.6 Å². The van der Waals surface area contributed by atoms with E-state index in [0.717, 1.165) is 5.69 Å². The van der Waals surface area contributed by atoms with Gasteiger partial charge in [-0.15, -0.1) is 0 Å². The van der Waals surface area contributed by atoms with Gasteiger partial charge < -0.3 is 14.7 Å². The maximum Gasteiger partial charge on any atom is 0.707 e. The number of rotatable bonds is 3. The Kier molecular flexibility index (Phi) is 3.14. The number of nitrogens with zero attached hydrogens (tertiary/aromatic N) is 2. The van der Waals surface area contributed by atoms with Crippen molar-refractivity contribution < 1.29 is 14.7 Å². The molecule has 2 aromatic heterocycles. The van der Waals surface area contributed by atoms with E-state index < -0.39 is 7.32 Å². The van der Waals surface area contributed by atoms with Crippen molar-refractivity contribution in [3.8, 4) is 17.1 Å². The Bertz CT molecular complexity index is 447. The topological polar surface area (TPSA) is 75.5 Å². The van der Waals surface area contributed by atoms with E-state index >= 15 is 0 Å². The molecule has 0 spiro atoms. The summed E-state index contributed by atoms with van der Waals surface area (Å²) >= 11 is 0. The minimum absolute atomic E-state index is 0.287. The van der Waals surface area contributed by atoms with Crippen molar-refractivity contribution in [3.63, 3.8) is 0 Å². The van der Waals surface area contributed by atoms with Crippen molar-refractivity contribution in [2.75, 3.05) is 0 Å². The second-order valence-corrected chi connectivity index (χ2v) is 3.04. The Hall–Kier alpha value is -1.92. The van der Waals surface area contributed by atoms with E-state index in [9.17, 15) is 0 Å². The Morgan fingerprint density at radius 3 is 2.38 bits per heavy atom. The fourth-order valence-electron chi connectivity index (χ4n) is 1.24. The van der Waals surface area contributed by atoms with Gasteiger partial charge in [-0.3, -0.25) is 9.97 Å². The van der Waals surface area contributed by atoms with Crippen LogP contribution in [0, 0.1) is 0 Å². The Labute approximate surface area is 92.6 Å². The maximum atomic E-state index is 8.59. The minimum atomic E-state index is -1.83. The molecule has 0 radical (unpaired) electrons.